The van der Waals surface area contributed by atoms with E-state index in [4.69, 9.17) is 5.73 Å². The number of rotatable bonds is 3. The number of Topliss-reactive ketones (excluding diaryl/α,β-unsaturated/α-hetero) is 1. The van der Waals surface area contributed by atoms with Crippen molar-refractivity contribution < 1.29 is 9.59 Å². The van der Waals surface area contributed by atoms with E-state index >= 15 is 0 Å². The first-order valence-electron chi connectivity index (χ1n) is 5.52. The number of hydrogen-bond acceptors (Lipinski definition) is 3. The molecule has 86 valence electrons. The van der Waals surface area contributed by atoms with Gasteiger partial charge in [0.05, 0.1) is 12.6 Å². The van der Waals surface area contributed by atoms with Gasteiger partial charge >= 0.3 is 0 Å². The summed E-state index contributed by atoms with van der Waals surface area (Å²) in [4.78, 5) is 25.1. The molecule has 1 rings (SSSR count). The van der Waals surface area contributed by atoms with Crippen LogP contribution in [0, 0.1) is 11.8 Å². The summed E-state index contributed by atoms with van der Waals surface area (Å²) in [5, 5.41) is 0. The molecule has 0 aromatic heterocycles. The normalized spacial score (nSPS) is 26.1. The Morgan fingerprint density at radius 3 is 2.53 bits per heavy atom. The first-order chi connectivity index (χ1) is 6.99. The zero-order valence-corrected chi connectivity index (χ0v) is 9.69. The van der Waals surface area contributed by atoms with Gasteiger partial charge in [-0.15, -0.1) is 0 Å². The number of nitrogens with zero attached hydrogens (tertiary/aromatic N) is 1. The molecule has 1 amide bonds. The highest BCUT2D eigenvalue weighted by Gasteiger charge is 2.39. The van der Waals surface area contributed by atoms with Crippen molar-refractivity contribution in [1.29, 1.82) is 0 Å². The molecule has 0 spiro atoms. The van der Waals surface area contributed by atoms with Crippen LogP contribution in [0.15, 0.2) is 0 Å². The van der Waals surface area contributed by atoms with E-state index in [9.17, 15) is 9.59 Å². The van der Waals surface area contributed by atoms with Gasteiger partial charge in [0.1, 0.15) is 0 Å². The third kappa shape index (κ3) is 2.37. The minimum absolute atomic E-state index is 0.00536. The predicted molar refractivity (Wildman–Crippen MR) is 58.2 cm³/mol. The Labute approximate surface area is 90.8 Å². The molecule has 0 aromatic carbocycles. The van der Waals surface area contributed by atoms with Crippen LogP contribution in [0.4, 0.5) is 0 Å². The van der Waals surface area contributed by atoms with E-state index in [1.54, 1.807) is 4.90 Å². The number of carbonyl (C=O) groups is 2. The average Bonchev–Trinajstić information content (AvgIpc) is 2.57. The smallest absolute Gasteiger partial charge is 0.236 e. The Kier molecular flexibility index (Phi) is 3.85. The van der Waals surface area contributed by atoms with E-state index in [1.165, 1.54) is 0 Å². The highest BCUT2D eigenvalue weighted by molar-refractivity contribution is 5.91. The maximum atomic E-state index is 12.0. The molecule has 0 aromatic rings. The van der Waals surface area contributed by atoms with Gasteiger partial charge < -0.3 is 10.6 Å². The zero-order valence-electron chi connectivity index (χ0n) is 9.69. The highest BCUT2D eigenvalue weighted by Crippen LogP contribution is 2.26. The van der Waals surface area contributed by atoms with E-state index in [-0.39, 0.29) is 36.1 Å². The molecule has 1 fully saturated rings. The molecule has 4 nitrogen and oxygen atoms in total. The molecule has 2 atom stereocenters. The fourth-order valence-electron chi connectivity index (χ4n) is 2.12. The molecule has 4 heteroatoms. The number of hydrogen-bond donors (Lipinski definition) is 1. The summed E-state index contributed by atoms with van der Waals surface area (Å²) in [7, 11) is 0. The number of likely N-dealkylation sites (tertiary alicyclic amines) is 1. The van der Waals surface area contributed by atoms with Crippen LogP contribution in [-0.2, 0) is 9.59 Å². The van der Waals surface area contributed by atoms with Crippen molar-refractivity contribution in [1.82, 2.24) is 4.90 Å². The van der Waals surface area contributed by atoms with Crippen LogP contribution >= 0.6 is 0 Å². The summed E-state index contributed by atoms with van der Waals surface area (Å²) >= 11 is 0. The molecule has 0 radical (unpaired) electrons. The fraction of sp³-hybridized carbons (Fsp3) is 0.818. The Bertz CT molecular complexity index is 263. The maximum absolute atomic E-state index is 12.0. The molecule has 15 heavy (non-hydrogen) atoms. The monoisotopic (exact) mass is 212 g/mol. The summed E-state index contributed by atoms with van der Waals surface area (Å²) < 4.78 is 0. The minimum atomic E-state index is -0.249. The van der Waals surface area contributed by atoms with Gasteiger partial charge in [0.15, 0.2) is 5.78 Å². The van der Waals surface area contributed by atoms with Crippen molar-refractivity contribution in [2.24, 2.45) is 17.6 Å². The van der Waals surface area contributed by atoms with Crippen LogP contribution in [0.25, 0.3) is 0 Å². The first kappa shape index (κ1) is 12.2. The first-order valence-corrected chi connectivity index (χ1v) is 5.52. The molecule has 1 saturated heterocycles. The van der Waals surface area contributed by atoms with Crippen LogP contribution in [0.5, 0.6) is 0 Å². The van der Waals surface area contributed by atoms with Crippen LogP contribution < -0.4 is 5.73 Å². The number of ketones is 1. The summed E-state index contributed by atoms with van der Waals surface area (Å²) in [6.07, 6.45) is 0.898. The highest BCUT2D eigenvalue weighted by atomic mass is 16.2. The zero-order chi connectivity index (χ0) is 11.6. The van der Waals surface area contributed by atoms with E-state index in [2.05, 4.69) is 0 Å². The van der Waals surface area contributed by atoms with Crippen LogP contribution in [0.3, 0.4) is 0 Å². The second-order valence-electron chi connectivity index (χ2n) is 4.56. The van der Waals surface area contributed by atoms with Crippen LogP contribution in [-0.4, -0.2) is 35.7 Å². The second kappa shape index (κ2) is 4.75. The third-order valence-corrected chi connectivity index (χ3v) is 3.06. The number of carbonyl (C=O) groups excluding carboxylic acids is 2. The summed E-state index contributed by atoms with van der Waals surface area (Å²) in [6, 6.07) is -0.249. The SMILES string of the molecule is CC(C)C(=O)C1C(C)CCN1C(=O)CN. The third-order valence-electron chi connectivity index (χ3n) is 3.06. The molecule has 1 aliphatic rings. The minimum Gasteiger partial charge on any atom is -0.331 e. The van der Waals surface area contributed by atoms with Gasteiger partial charge in [0, 0.05) is 12.5 Å². The quantitative estimate of drug-likeness (QED) is 0.737. The van der Waals surface area contributed by atoms with Gasteiger partial charge in [-0.3, -0.25) is 9.59 Å². The summed E-state index contributed by atoms with van der Waals surface area (Å²) in [5.74, 6) is 0.277. The standard InChI is InChI=1S/C11H20N2O2/c1-7(2)11(15)10-8(3)4-5-13(10)9(14)6-12/h7-8,10H,4-6,12H2,1-3H3. The molecular formula is C11H20N2O2. The maximum Gasteiger partial charge on any atom is 0.236 e. The number of amides is 1. The Hall–Kier alpha value is -0.900. The van der Waals surface area contributed by atoms with Gasteiger partial charge in [0.25, 0.3) is 0 Å². The Morgan fingerprint density at radius 1 is 1.47 bits per heavy atom. The van der Waals surface area contributed by atoms with Gasteiger partial charge in [-0.05, 0) is 12.3 Å². The van der Waals surface area contributed by atoms with E-state index in [1.807, 2.05) is 20.8 Å². The lowest BCUT2D eigenvalue weighted by Gasteiger charge is -2.26. The molecule has 2 unspecified atom stereocenters. The number of nitrogens with two attached hydrogens (primary N) is 1. The van der Waals surface area contributed by atoms with Crippen molar-refractivity contribution in [2.75, 3.05) is 13.1 Å². The molecule has 0 bridgehead atoms. The lowest BCUT2D eigenvalue weighted by molar-refractivity contribution is -0.138. The molecule has 1 aliphatic heterocycles. The predicted octanol–water partition coefficient (Wildman–Crippen LogP) is 0.407. The second-order valence-corrected chi connectivity index (χ2v) is 4.56. The van der Waals surface area contributed by atoms with Crippen LogP contribution in [0.1, 0.15) is 27.2 Å². The summed E-state index contributed by atoms with van der Waals surface area (Å²) in [5.41, 5.74) is 5.33. The lowest BCUT2D eigenvalue weighted by atomic mass is 9.92. The van der Waals surface area contributed by atoms with Gasteiger partial charge in [0.2, 0.25) is 5.91 Å². The molecule has 1 heterocycles. The van der Waals surface area contributed by atoms with Gasteiger partial charge in [-0.2, -0.15) is 0 Å². The van der Waals surface area contributed by atoms with Crippen molar-refractivity contribution in [3.8, 4) is 0 Å². The van der Waals surface area contributed by atoms with E-state index < -0.39 is 0 Å². The molecule has 0 saturated carbocycles. The topological polar surface area (TPSA) is 63.4 Å². The molecular weight excluding hydrogens is 192 g/mol. The van der Waals surface area contributed by atoms with E-state index in [0.29, 0.717) is 6.54 Å². The Balaban J connectivity index is 2.81. The van der Waals surface area contributed by atoms with Gasteiger partial charge in [-0.25, -0.2) is 0 Å². The van der Waals surface area contributed by atoms with Gasteiger partial charge in [-0.1, -0.05) is 20.8 Å². The van der Waals surface area contributed by atoms with E-state index in [0.717, 1.165) is 6.42 Å². The van der Waals surface area contributed by atoms with Crippen molar-refractivity contribution in [3.05, 3.63) is 0 Å². The lowest BCUT2D eigenvalue weighted by Crippen LogP contribution is -2.46. The van der Waals surface area contributed by atoms with Crippen molar-refractivity contribution in [2.45, 2.75) is 33.2 Å². The average molecular weight is 212 g/mol. The summed E-state index contributed by atoms with van der Waals surface area (Å²) in [6.45, 7) is 6.43. The Morgan fingerprint density at radius 2 is 2.07 bits per heavy atom. The largest absolute Gasteiger partial charge is 0.331 e. The van der Waals surface area contributed by atoms with Crippen LogP contribution in [0.2, 0.25) is 0 Å². The molecule has 2 N–H and O–H groups in total. The molecule has 0 aliphatic carbocycles. The van der Waals surface area contributed by atoms with Crippen molar-refractivity contribution >= 4 is 11.7 Å². The fourth-order valence-corrected chi connectivity index (χ4v) is 2.12. The van der Waals surface area contributed by atoms with Crippen molar-refractivity contribution in [3.63, 3.8) is 0 Å².